The van der Waals surface area contributed by atoms with Crippen molar-refractivity contribution >= 4 is 17.8 Å². The Bertz CT molecular complexity index is 295. The first-order valence-corrected chi connectivity index (χ1v) is 4.71. The topological polar surface area (TPSA) is 63.7 Å². The highest BCUT2D eigenvalue weighted by molar-refractivity contribution is 6.01. The lowest BCUT2D eigenvalue weighted by Crippen LogP contribution is -2.36. The number of imide groups is 1. The zero-order valence-electron chi connectivity index (χ0n) is 8.56. The fourth-order valence-electron chi connectivity index (χ4n) is 1.37. The Morgan fingerprint density at radius 1 is 1.53 bits per heavy atom. The largest absolute Gasteiger partial charge is 0.458 e. The maximum Gasteiger partial charge on any atom is 0.330 e. The van der Waals surface area contributed by atoms with Crippen molar-refractivity contribution in [2.24, 2.45) is 0 Å². The van der Waals surface area contributed by atoms with E-state index in [1.807, 2.05) is 0 Å². The van der Waals surface area contributed by atoms with E-state index in [2.05, 4.69) is 6.58 Å². The van der Waals surface area contributed by atoms with Gasteiger partial charge in [0.2, 0.25) is 11.8 Å². The number of amides is 2. The molecule has 1 atom stereocenters. The van der Waals surface area contributed by atoms with E-state index in [-0.39, 0.29) is 31.2 Å². The predicted octanol–water partition coefficient (Wildman–Crippen LogP) is 0.253. The Morgan fingerprint density at radius 2 is 2.07 bits per heavy atom. The van der Waals surface area contributed by atoms with E-state index >= 15 is 0 Å². The summed E-state index contributed by atoms with van der Waals surface area (Å²) in [7, 11) is 0. The second kappa shape index (κ2) is 4.72. The van der Waals surface area contributed by atoms with E-state index in [4.69, 9.17) is 4.74 Å². The molecule has 2 amide bonds. The van der Waals surface area contributed by atoms with Gasteiger partial charge >= 0.3 is 5.97 Å². The summed E-state index contributed by atoms with van der Waals surface area (Å²) in [5.41, 5.74) is 0. The van der Waals surface area contributed by atoms with Gasteiger partial charge in [-0.05, 0) is 6.92 Å². The summed E-state index contributed by atoms with van der Waals surface area (Å²) < 4.78 is 4.85. The van der Waals surface area contributed by atoms with Gasteiger partial charge in [-0.3, -0.25) is 14.5 Å². The van der Waals surface area contributed by atoms with Crippen molar-refractivity contribution in [3.05, 3.63) is 12.7 Å². The molecular formula is C10H13NO4. The summed E-state index contributed by atoms with van der Waals surface area (Å²) in [5, 5.41) is 0. The molecule has 1 heterocycles. The third kappa shape index (κ3) is 2.90. The number of likely N-dealkylation sites (tertiary alicyclic amines) is 1. The van der Waals surface area contributed by atoms with Crippen LogP contribution in [0.3, 0.4) is 0 Å². The lowest BCUT2D eigenvalue weighted by atomic mass is 10.3. The summed E-state index contributed by atoms with van der Waals surface area (Å²) in [6.45, 7) is 5.00. The molecular weight excluding hydrogens is 198 g/mol. The van der Waals surface area contributed by atoms with Crippen LogP contribution in [0.15, 0.2) is 12.7 Å². The maximum absolute atomic E-state index is 11.2. The fraction of sp³-hybridized carbons (Fsp3) is 0.500. The van der Waals surface area contributed by atoms with Crippen LogP contribution >= 0.6 is 0 Å². The van der Waals surface area contributed by atoms with Crippen molar-refractivity contribution < 1.29 is 19.1 Å². The van der Waals surface area contributed by atoms with Gasteiger partial charge in [0.05, 0.1) is 6.54 Å². The molecule has 0 aromatic carbocycles. The molecule has 0 aromatic rings. The van der Waals surface area contributed by atoms with Crippen molar-refractivity contribution in [1.82, 2.24) is 4.90 Å². The maximum atomic E-state index is 11.2. The molecule has 1 aliphatic rings. The molecule has 1 fully saturated rings. The summed E-state index contributed by atoms with van der Waals surface area (Å²) in [6.07, 6.45) is 1.05. The molecule has 1 aliphatic heterocycles. The molecule has 1 unspecified atom stereocenters. The van der Waals surface area contributed by atoms with Crippen LogP contribution in [-0.4, -0.2) is 35.3 Å². The van der Waals surface area contributed by atoms with E-state index in [1.165, 1.54) is 0 Å². The molecule has 0 aliphatic carbocycles. The second-order valence-electron chi connectivity index (χ2n) is 3.35. The molecule has 5 heteroatoms. The third-order valence-electron chi connectivity index (χ3n) is 2.08. The van der Waals surface area contributed by atoms with Crippen molar-refractivity contribution in [1.29, 1.82) is 0 Å². The Kier molecular flexibility index (Phi) is 3.60. The lowest BCUT2D eigenvalue weighted by Gasteiger charge is -2.18. The zero-order chi connectivity index (χ0) is 11.4. The number of nitrogens with zero attached hydrogens (tertiary/aromatic N) is 1. The van der Waals surface area contributed by atoms with Crippen molar-refractivity contribution in [3.63, 3.8) is 0 Å². The number of hydrogen-bond acceptors (Lipinski definition) is 4. The quantitative estimate of drug-likeness (QED) is 0.380. The van der Waals surface area contributed by atoms with Crippen LogP contribution in [0.5, 0.6) is 0 Å². The monoisotopic (exact) mass is 211 g/mol. The van der Waals surface area contributed by atoms with E-state index in [9.17, 15) is 14.4 Å². The summed E-state index contributed by atoms with van der Waals surface area (Å²) >= 11 is 0. The molecule has 0 spiro atoms. The van der Waals surface area contributed by atoms with Gasteiger partial charge < -0.3 is 4.74 Å². The van der Waals surface area contributed by atoms with Crippen LogP contribution in [0, 0.1) is 0 Å². The molecule has 0 N–H and O–H groups in total. The Morgan fingerprint density at radius 3 is 2.53 bits per heavy atom. The minimum absolute atomic E-state index is 0.122. The SMILES string of the molecule is C=CC(=O)OC(C)CN1C(=O)CCC1=O. The standard InChI is InChI=1S/C10H13NO4/c1-3-10(14)15-7(2)6-11-8(12)4-5-9(11)13/h3,7H,1,4-6H2,2H3. The number of carbonyl (C=O) groups excluding carboxylic acids is 3. The van der Waals surface area contributed by atoms with Gasteiger partial charge in [0.25, 0.3) is 0 Å². The van der Waals surface area contributed by atoms with Gasteiger partial charge in [-0.2, -0.15) is 0 Å². The van der Waals surface area contributed by atoms with E-state index in [1.54, 1.807) is 6.92 Å². The van der Waals surface area contributed by atoms with Crippen molar-refractivity contribution in [3.8, 4) is 0 Å². The summed E-state index contributed by atoms with van der Waals surface area (Å²) in [6, 6.07) is 0. The molecule has 15 heavy (non-hydrogen) atoms. The van der Waals surface area contributed by atoms with Crippen LogP contribution < -0.4 is 0 Å². The first-order chi connectivity index (χ1) is 7.04. The number of hydrogen-bond donors (Lipinski definition) is 0. The number of carbonyl (C=O) groups is 3. The molecule has 1 saturated heterocycles. The minimum atomic E-state index is -0.554. The van der Waals surface area contributed by atoms with Gasteiger partial charge in [0.15, 0.2) is 0 Å². The first kappa shape index (κ1) is 11.4. The van der Waals surface area contributed by atoms with E-state index in [0.717, 1.165) is 11.0 Å². The summed E-state index contributed by atoms with van der Waals surface area (Å²) in [4.78, 5) is 34.4. The molecule has 82 valence electrons. The highest BCUT2D eigenvalue weighted by Crippen LogP contribution is 2.12. The second-order valence-corrected chi connectivity index (χ2v) is 3.35. The molecule has 0 radical (unpaired) electrons. The van der Waals surface area contributed by atoms with Gasteiger partial charge in [-0.1, -0.05) is 6.58 Å². The number of rotatable bonds is 4. The highest BCUT2D eigenvalue weighted by atomic mass is 16.5. The fourth-order valence-corrected chi connectivity index (χ4v) is 1.37. The van der Waals surface area contributed by atoms with Crippen LogP contribution in [0.2, 0.25) is 0 Å². The lowest BCUT2D eigenvalue weighted by molar-refractivity contribution is -0.148. The highest BCUT2D eigenvalue weighted by Gasteiger charge is 2.30. The van der Waals surface area contributed by atoms with Crippen LogP contribution in [-0.2, 0) is 19.1 Å². The minimum Gasteiger partial charge on any atom is -0.458 e. The van der Waals surface area contributed by atoms with Crippen LogP contribution in [0.1, 0.15) is 19.8 Å². The van der Waals surface area contributed by atoms with Crippen LogP contribution in [0.4, 0.5) is 0 Å². The van der Waals surface area contributed by atoms with Gasteiger partial charge in [-0.25, -0.2) is 4.79 Å². The van der Waals surface area contributed by atoms with E-state index < -0.39 is 12.1 Å². The molecule has 0 saturated carbocycles. The molecule has 0 bridgehead atoms. The van der Waals surface area contributed by atoms with Gasteiger partial charge in [-0.15, -0.1) is 0 Å². The third-order valence-corrected chi connectivity index (χ3v) is 2.08. The average molecular weight is 211 g/mol. The zero-order valence-corrected chi connectivity index (χ0v) is 8.56. The predicted molar refractivity (Wildman–Crippen MR) is 51.7 cm³/mol. The Balaban J connectivity index is 2.46. The first-order valence-electron chi connectivity index (χ1n) is 4.71. The number of esters is 1. The summed E-state index contributed by atoms with van der Waals surface area (Å²) in [5.74, 6) is -0.968. The van der Waals surface area contributed by atoms with Gasteiger partial charge in [0, 0.05) is 18.9 Å². The van der Waals surface area contributed by atoms with Crippen LogP contribution in [0.25, 0.3) is 0 Å². The molecule has 0 aromatic heterocycles. The van der Waals surface area contributed by atoms with E-state index in [0.29, 0.717) is 0 Å². The normalized spacial score (nSPS) is 17.8. The van der Waals surface area contributed by atoms with Crippen molar-refractivity contribution in [2.45, 2.75) is 25.9 Å². The average Bonchev–Trinajstić information content (AvgIpc) is 2.49. The molecule has 1 rings (SSSR count). The Labute approximate surface area is 87.7 Å². The van der Waals surface area contributed by atoms with Gasteiger partial charge in [0.1, 0.15) is 6.10 Å². The van der Waals surface area contributed by atoms with Crippen molar-refractivity contribution in [2.75, 3.05) is 6.54 Å². The Hall–Kier alpha value is -1.65. The molecule has 5 nitrogen and oxygen atoms in total. The number of ether oxygens (including phenoxy) is 1. The smallest absolute Gasteiger partial charge is 0.330 e.